The van der Waals surface area contributed by atoms with Crippen molar-refractivity contribution in [1.82, 2.24) is 30.4 Å². The summed E-state index contributed by atoms with van der Waals surface area (Å²) in [6, 6.07) is 0.323. The second kappa shape index (κ2) is 7.81. The normalized spacial score (nSPS) is 21.4. The molecule has 140 valence electrons. The molecule has 1 aliphatic heterocycles. The minimum absolute atomic E-state index is 0.106. The van der Waals surface area contributed by atoms with Gasteiger partial charge in [0, 0.05) is 25.0 Å². The van der Waals surface area contributed by atoms with Gasteiger partial charge in [-0.2, -0.15) is 0 Å². The topological polar surface area (TPSA) is 75.9 Å². The van der Waals surface area contributed by atoms with Gasteiger partial charge in [0.2, 0.25) is 5.91 Å². The van der Waals surface area contributed by atoms with Gasteiger partial charge in [-0.25, -0.2) is 4.68 Å². The molecular weight excluding hydrogens is 316 g/mol. The zero-order chi connectivity index (χ0) is 17.9. The van der Waals surface area contributed by atoms with E-state index in [2.05, 4.69) is 46.5 Å². The summed E-state index contributed by atoms with van der Waals surface area (Å²) in [5, 5.41) is 15.5. The number of carbonyl (C=O) groups excluding carboxylic acids is 1. The summed E-state index contributed by atoms with van der Waals surface area (Å²) in [5.74, 6) is 1.45. The Labute approximate surface area is 150 Å². The Morgan fingerprint density at radius 3 is 2.44 bits per heavy atom. The number of hydrogen-bond donors (Lipinski definition) is 1. The van der Waals surface area contributed by atoms with Crippen LogP contribution in [-0.4, -0.2) is 50.1 Å². The number of hydrogen-bond acceptors (Lipinski definition) is 5. The van der Waals surface area contributed by atoms with E-state index in [1.807, 2.05) is 4.68 Å². The molecule has 0 atom stereocenters. The highest BCUT2D eigenvalue weighted by Crippen LogP contribution is 2.24. The van der Waals surface area contributed by atoms with Gasteiger partial charge in [-0.15, -0.1) is 5.10 Å². The molecule has 0 unspecified atom stereocenters. The first kappa shape index (κ1) is 18.3. The maximum absolute atomic E-state index is 12.4. The third-order valence-electron chi connectivity index (χ3n) is 5.44. The van der Waals surface area contributed by atoms with Crippen LogP contribution < -0.4 is 5.32 Å². The minimum atomic E-state index is -0.106. The van der Waals surface area contributed by atoms with E-state index < -0.39 is 0 Å². The van der Waals surface area contributed by atoms with Crippen LogP contribution in [0.1, 0.15) is 71.5 Å². The van der Waals surface area contributed by atoms with Crippen LogP contribution in [0.25, 0.3) is 0 Å². The smallest absolute Gasteiger partial charge is 0.223 e. The maximum Gasteiger partial charge on any atom is 0.223 e. The van der Waals surface area contributed by atoms with Crippen molar-refractivity contribution in [3.63, 3.8) is 0 Å². The van der Waals surface area contributed by atoms with Crippen LogP contribution in [-0.2, 0) is 16.9 Å². The number of rotatable bonds is 4. The van der Waals surface area contributed by atoms with Crippen LogP contribution in [0.5, 0.6) is 0 Å². The van der Waals surface area contributed by atoms with Gasteiger partial charge >= 0.3 is 0 Å². The van der Waals surface area contributed by atoms with E-state index in [-0.39, 0.29) is 17.4 Å². The van der Waals surface area contributed by atoms with Crippen LogP contribution in [0.15, 0.2) is 0 Å². The average molecular weight is 348 g/mol. The number of aromatic nitrogens is 4. The Balaban J connectivity index is 1.46. The summed E-state index contributed by atoms with van der Waals surface area (Å²) in [5.41, 5.74) is -0.106. The lowest BCUT2D eigenvalue weighted by molar-refractivity contribution is -0.127. The zero-order valence-corrected chi connectivity index (χ0v) is 15.9. The predicted octanol–water partition coefficient (Wildman–Crippen LogP) is 2.09. The largest absolute Gasteiger partial charge is 0.353 e. The van der Waals surface area contributed by atoms with Crippen molar-refractivity contribution in [2.75, 3.05) is 13.1 Å². The molecule has 1 saturated carbocycles. The fraction of sp³-hybridized carbons (Fsp3) is 0.889. The van der Waals surface area contributed by atoms with Gasteiger partial charge in [-0.05, 0) is 56.9 Å². The van der Waals surface area contributed by atoms with Gasteiger partial charge in [0.1, 0.15) is 0 Å². The molecule has 7 heteroatoms. The Hall–Kier alpha value is -1.50. The van der Waals surface area contributed by atoms with E-state index in [9.17, 15) is 4.79 Å². The lowest BCUT2D eigenvalue weighted by atomic mass is 9.88. The van der Waals surface area contributed by atoms with Crippen molar-refractivity contribution >= 4 is 5.91 Å². The Morgan fingerprint density at radius 1 is 1.12 bits per heavy atom. The molecule has 1 aliphatic carbocycles. The first-order valence-electron chi connectivity index (χ1n) is 9.74. The molecule has 2 heterocycles. The molecule has 0 spiro atoms. The first-order chi connectivity index (χ1) is 11.9. The van der Waals surface area contributed by atoms with Crippen LogP contribution >= 0.6 is 0 Å². The molecule has 1 N–H and O–H groups in total. The van der Waals surface area contributed by atoms with Crippen molar-refractivity contribution in [3.05, 3.63) is 5.82 Å². The van der Waals surface area contributed by atoms with Crippen LogP contribution in [0, 0.1) is 5.92 Å². The fourth-order valence-electron chi connectivity index (χ4n) is 3.94. The molecular formula is C18H32N6O. The second-order valence-corrected chi connectivity index (χ2v) is 8.57. The number of piperidine rings is 1. The third kappa shape index (κ3) is 4.77. The van der Waals surface area contributed by atoms with Gasteiger partial charge in [-0.3, -0.25) is 9.69 Å². The Kier molecular flexibility index (Phi) is 5.71. The van der Waals surface area contributed by atoms with Crippen molar-refractivity contribution < 1.29 is 4.79 Å². The zero-order valence-electron chi connectivity index (χ0n) is 15.9. The highest BCUT2D eigenvalue weighted by molar-refractivity contribution is 5.79. The maximum atomic E-state index is 12.4. The quantitative estimate of drug-likeness (QED) is 0.902. The summed E-state index contributed by atoms with van der Waals surface area (Å²) < 4.78 is 1.91. The van der Waals surface area contributed by atoms with Crippen molar-refractivity contribution in [3.8, 4) is 0 Å². The molecule has 2 aliphatic rings. The summed E-state index contributed by atoms with van der Waals surface area (Å²) in [6.45, 7) is 9.06. The molecule has 2 fully saturated rings. The minimum Gasteiger partial charge on any atom is -0.353 e. The highest BCUT2D eigenvalue weighted by Gasteiger charge is 2.27. The van der Waals surface area contributed by atoms with E-state index in [1.165, 1.54) is 19.3 Å². The molecule has 25 heavy (non-hydrogen) atoms. The van der Waals surface area contributed by atoms with Gasteiger partial charge in [-0.1, -0.05) is 19.3 Å². The second-order valence-electron chi connectivity index (χ2n) is 8.57. The first-order valence-corrected chi connectivity index (χ1v) is 9.74. The van der Waals surface area contributed by atoms with Gasteiger partial charge in [0.15, 0.2) is 5.82 Å². The van der Waals surface area contributed by atoms with Gasteiger partial charge in [0.25, 0.3) is 0 Å². The SMILES string of the molecule is CC(C)(C)n1nnnc1CN1CCC(NC(=O)C2CCCCC2)CC1. The van der Waals surface area contributed by atoms with Crippen molar-refractivity contribution in [1.29, 1.82) is 0 Å². The van der Waals surface area contributed by atoms with E-state index in [4.69, 9.17) is 0 Å². The summed E-state index contributed by atoms with van der Waals surface area (Å²) >= 11 is 0. The number of amides is 1. The number of tetrazole rings is 1. The van der Waals surface area contributed by atoms with Crippen LogP contribution in [0.2, 0.25) is 0 Å². The average Bonchev–Trinajstić information content (AvgIpc) is 3.06. The molecule has 0 aromatic carbocycles. The molecule has 0 bridgehead atoms. The Bertz CT molecular complexity index is 564. The summed E-state index contributed by atoms with van der Waals surface area (Å²) in [7, 11) is 0. The molecule has 1 amide bonds. The van der Waals surface area contributed by atoms with Gasteiger partial charge in [0.05, 0.1) is 12.1 Å². The molecule has 7 nitrogen and oxygen atoms in total. The molecule has 1 aromatic rings. The van der Waals surface area contributed by atoms with Crippen LogP contribution in [0.4, 0.5) is 0 Å². The number of carbonyl (C=O) groups is 1. The van der Waals surface area contributed by atoms with E-state index in [0.717, 1.165) is 51.1 Å². The molecule has 1 saturated heterocycles. The van der Waals surface area contributed by atoms with E-state index >= 15 is 0 Å². The van der Waals surface area contributed by atoms with E-state index in [0.29, 0.717) is 6.04 Å². The number of likely N-dealkylation sites (tertiary alicyclic amines) is 1. The standard InChI is InChI=1S/C18H32N6O/c1-18(2,3)24-16(20-21-22-24)13-23-11-9-15(10-12-23)19-17(25)14-7-5-4-6-8-14/h14-15H,4-13H2,1-3H3,(H,19,25). The van der Waals surface area contributed by atoms with Crippen molar-refractivity contribution in [2.45, 2.75) is 83.8 Å². The van der Waals surface area contributed by atoms with Crippen molar-refractivity contribution in [2.24, 2.45) is 5.92 Å². The lowest BCUT2D eigenvalue weighted by Gasteiger charge is -2.33. The molecule has 0 radical (unpaired) electrons. The number of nitrogens with zero attached hydrogens (tertiary/aromatic N) is 5. The van der Waals surface area contributed by atoms with Gasteiger partial charge < -0.3 is 5.32 Å². The monoisotopic (exact) mass is 348 g/mol. The Morgan fingerprint density at radius 2 is 1.80 bits per heavy atom. The van der Waals surface area contributed by atoms with E-state index in [1.54, 1.807) is 0 Å². The molecule has 3 rings (SSSR count). The highest BCUT2D eigenvalue weighted by atomic mass is 16.1. The summed E-state index contributed by atoms with van der Waals surface area (Å²) in [6.07, 6.45) is 7.86. The molecule has 1 aromatic heterocycles. The third-order valence-corrected chi connectivity index (χ3v) is 5.44. The lowest BCUT2D eigenvalue weighted by Crippen LogP contribution is -2.46. The fourth-order valence-corrected chi connectivity index (χ4v) is 3.94. The predicted molar refractivity (Wildman–Crippen MR) is 95.8 cm³/mol. The van der Waals surface area contributed by atoms with Crippen LogP contribution in [0.3, 0.4) is 0 Å². The number of nitrogens with one attached hydrogen (secondary N) is 1. The summed E-state index contributed by atoms with van der Waals surface area (Å²) in [4.78, 5) is 14.8.